The minimum Gasteiger partial charge on any atom is -0.401 e. The van der Waals surface area contributed by atoms with Crippen molar-refractivity contribution >= 4 is 23.6 Å². The fraction of sp³-hybridized carbons (Fsp3) is 0.476. The fourth-order valence-electron chi connectivity index (χ4n) is 4.01. The molecule has 2 aromatic heterocycles. The number of nitrogens with two attached hydrogens (primary N) is 1. The van der Waals surface area contributed by atoms with Gasteiger partial charge >= 0.3 is 6.18 Å². The summed E-state index contributed by atoms with van der Waals surface area (Å²) in [4.78, 5) is 16.2. The molecule has 2 aliphatic rings. The molecule has 2 aromatic rings. The quantitative estimate of drug-likeness (QED) is 0.412. The van der Waals surface area contributed by atoms with E-state index >= 15 is 0 Å². The average Bonchev–Trinajstić information content (AvgIpc) is 3.47. The Morgan fingerprint density at radius 3 is 2.45 bits per heavy atom. The number of rotatable bonds is 6. The van der Waals surface area contributed by atoms with Crippen molar-refractivity contribution < 1.29 is 18.0 Å². The van der Waals surface area contributed by atoms with E-state index in [4.69, 9.17) is 11.1 Å². The first-order chi connectivity index (χ1) is 14.8. The van der Waals surface area contributed by atoms with E-state index in [0.29, 0.717) is 11.5 Å². The van der Waals surface area contributed by atoms with Crippen molar-refractivity contribution in [2.75, 3.05) is 5.32 Å². The second-order valence-corrected chi connectivity index (χ2v) is 8.22. The summed E-state index contributed by atoms with van der Waals surface area (Å²) in [6.07, 6.45) is 2.41. The van der Waals surface area contributed by atoms with Crippen LogP contribution in [0.2, 0.25) is 0 Å². The van der Waals surface area contributed by atoms with E-state index in [-0.39, 0.29) is 35.1 Å². The molecule has 2 aliphatic carbocycles. The smallest absolute Gasteiger partial charge is 0.401 e. The summed E-state index contributed by atoms with van der Waals surface area (Å²) in [5.41, 5.74) is 6.05. The summed E-state index contributed by atoms with van der Waals surface area (Å²) >= 11 is 0. The highest BCUT2D eigenvalue weighted by Gasteiger charge is 2.34. The number of hydrogen-bond donors (Lipinski definition) is 4. The maximum Gasteiger partial charge on any atom is 0.434 e. The van der Waals surface area contributed by atoms with Crippen LogP contribution in [-0.2, 0) is 11.0 Å². The van der Waals surface area contributed by atoms with Gasteiger partial charge in [0.05, 0.1) is 5.57 Å². The molecule has 0 spiro atoms. The monoisotopic (exact) mass is 434 g/mol. The van der Waals surface area contributed by atoms with E-state index in [9.17, 15) is 18.0 Å². The summed E-state index contributed by atoms with van der Waals surface area (Å²) in [7, 11) is 0. The Balaban J connectivity index is 1.36. The Hall–Kier alpha value is -3.04. The summed E-state index contributed by atoms with van der Waals surface area (Å²) < 4.78 is 40.4. The molecule has 4 rings (SSSR count). The van der Waals surface area contributed by atoms with Crippen LogP contribution in [0.3, 0.4) is 0 Å². The van der Waals surface area contributed by atoms with Crippen molar-refractivity contribution in [1.82, 2.24) is 14.7 Å². The largest absolute Gasteiger partial charge is 0.434 e. The molecule has 2 fully saturated rings. The third-order valence-corrected chi connectivity index (χ3v) is 5.91. The van der Waals surface area contributed by atoms with E-state index in [0.717, 1.165) is 50.9 Å². The lowest BCUT2D eigenvalue weighted by Crippen LogP contribution is -2.41. The van der Waals surface area contributed by atoms with Crippen molar-refractivity contribution in [2.24, 2.45) is 11.7 Å². The molecule has 31 heavy (non-hydrogen) atoms. The van der Waals surface area contributed by atoms with Crippen LogP contribution in [-0.4, -0.2) is 33.6 Å². The molecule has 0 radical (unpaired) electrons. The minimum atomic E-state index is -4.49. The average molecular weight is 434 g/mol. The number of amides is 1. The van der Waals surface area contributed by atoms with Gasteiger partial charge in [-0.3, -0.25) is 9.20 Å². The SMILES string of the molecule is N=C/C(C(=O)NC1CCC(Nc2cccc3nc(C(F)(F)F)cn23)CC1)=C(\N)C1CC1. The van der Waals surface area contributed by atoms with Crippen LogP contribution >= 0.6 is 0 Å². The van der Waals surface area contributed by atoms with Crippen molar-refractivity contribution in [3.63, 3.8) is 0 Å². The zero-order valence-electron chi connectivity index (χ0n) is 16.9. The lowest BCUT2D eigenvalue weighted by Gasteiger charge is -2.30. The number of nitrogens with one attached hydrogen (secondary N) is 3. The Morgan fingerprint density at radius 1 is 1.16 bits per heavy atom. The zero-order chi connectivity index (χ0) is 22.2. The number of pyridine rings is 1. The second-order valence-electron chi connectivity index (χ2n) is 8.22. The number of halogens is 3. The van der Waals surface area contributed by atoms with Gasteiger partial charge in [0.1, 0.15) is 11.5 Å². The van der Waals surface area contributed by atoms with Crippen LogP contribution in [0.4, 0.5) is 19.0 Å². The number of nitrogens with zero attached hydrogens (tertiary/aromatic N) is 2. The molecule has 0 aliphatic heterocycles. The standard InChI is InChI=1S/C21H25F3N6O/c22-21(23,24)16-11-30-17(2-1-3-18(30)29-16)27-13-6-8-14(9-7-13)28-20(31)15(10-25)19(26)12-4-5-12/h1-3,10-14,25,27H,4-9,26H2,(H,28,31)/b19-15+,25-10?. The predicted octanol–water partition coefficient (Wildman–Crippen LogP) is 3.46. The van der Waals surface area contributed by atoms with Gasteiger partial charge in [-0.2, -0.15) is 13.2 Å². The van der Waals surface area contributed by atoms with Gasteiger partial charge < -0.3 is 21.8 Å². The summed E-state index contributed by atoms with van der Waals surface area (Å²) in [5, 5.41) is 13.8. The van der Waals surface area contributed by atoms with E-state index in [1.807, 2.05) is 0 Å². The van der Waals surface area contributed by atoms with E-state index in [2.05, 4.69) is 15.6 Å². The summed E-state index contributed by atoms with van der Waals surface area (Å²) in [5.74, 6) is 0.462. The topological polar surface area (TPSA) is 108 Å². The maximum absolute atomic E-state index is 13.0. The number of carbonyl (C=O) groups is 1. The van der Waals surface area contributed by atoms with Crippen molar-refractivity contribution in [3.8, 4) is 0 Å². The third-order valence-electron chi connectivity index (χ3n) is 5.91. The van der Waals surface area contributed by atoms with Gasteiger partial charge in [0.15, 0.2) is 5.69 Å². The van der Waals surface area contributed by atoms with Gasteiger partial charge in [0, 0.05) is 30.2 Å². The highest BCUT2D eigenvalue weighted by Crippen LogP contribution is 2.35. The number of fused-ring (bicyclic) bond motifs is 1. The van der Waals surface area contributed by atoms with E-state index < -0.39 is 11.9 Å². The van der Waals surface area contributed by atoms with Gasteiger partial charge in [-0.25, -0.2) is 4.98 Å². The van der Waals surface area contributed by atoms with Gasteiger partial charge in [0.2, 0.25) is 0 Å². The molecule has 1 amide bonds. The Kier molecular flexibility index (Phi) is 5.63. The van der Waals surface area contributed by atoms with Crippen LogP contribution in [0.5, 0.6) is 0 Å². The van der Waals surface area contributed by atoms with Gasteiger partial charge in [-0.1, -0.05) is 6.07 Å². The van der Waals surface area contributed by atoms with E-state index in [1.165, 1.54) is 10.5 Å². The maximum atomic E-state index is 13.0. The number of carbonyl (C=O) groups excluding carboxylic acids is 1. The number of anilines is 1. The minimum absolute atomic E-state index is 0.0200. The van der Waals surface area contributed by atoms with Crippen LogP contribution in [0.15, 0.2) is 35.7 Å². The fourth-order valence-corrected chi connectivity index (χ4v) is 4.01. The van der Waals surface area contributed by atoms with Crippen LogP contribution in [0.1, 0.15) is 44.2 Å². The molecule has 0 aromatic carbocycles. The number of aromatic nitrogens is 2. The molecule has 166 valence electrons. The molecule has 2 saturated carbocycles. The normalized spacial score (nSPS) is 22.7. The molecule has 0 saturated heterocycles. The lowest BCUT2D eigenvalue weighted by molar-refractivity contribution is -0.140. The first-order valence-electron chi connectivity index (χ1n) is 10.4. The van der Waals surface area contributed by atoms with Gasteiger partial charge in [-0.15, -0.1) is 0 Å². The highest BCUT2D eigenvalue weighted by atomic mass is 19.4. The molecule has 0 atom stereocenters. The molecule has 0 bridgehead atoms. The Morgan fingerprint density at radius 2 is 1.84 bits per heavy atom. The Labute approximate surface area is 177 Å². The predicted molar refractivity (Wildman–Crippen MR) is 111 cm³/mol. The molecule has 7 nitrogen and oxygen atoms in total. The number of hydrogen-bond acceptors (Lipinski definition) is 5. The van der Waals surface area contributed by atoms with Gasteiger partial charge in [0.25, 0.3) is 5.91 Å². The first kappa shape index (κ1) is 21.2. The molecular formula is C21H25F3N6O. The first-order valence-corrected chi connectivity index (χ1v) is 10.4. The highest BCUT2D eigenvalue weighted by molar-refractivity contribution is 6.12. The van der Waals surface area contributed by atoms with Crippen molar-refractivity contribution in [1.29, 1.82) is 5.41 Å². The second kappa shape index (κ2) is 8.24. The van der Waals surface area contributed by atoms with Crippen LogP contribution in [0, 0.1) is 11.3 Å². The van der Waals surface area contributed by atoms with Crippen molar-refractivity contribution in [2.45, 2.75) is 56.8 Å². The summed E-state index contributed by atoms with van der Waals surface area (Å²) in [6.45, 7) is 0. The van der Waals surface area contributed by atoms with Crippen molar-refractivity contribution in [3.05, 3.63) is 41.4 Å². The molecular weight excluding hydrogens is 409 g/mol. The molecule has 0 unspecified atom stereocenters. The van der Waals surface area contributed by atoms with E-state index in [1.54, 1.807) is 12.1 Å². The molecule has 10 heteroatoms. The van der Waals surface area contributed by atoms with Crippen LogP contribution < -0.4 is 16.4 Å². The zero-order valence-corrected chi connectivity index (χ0v) is 16.9. The molecule has 2 heterocycles. The summed E-state index contributed by atoms with van der Waals surface area (Å²) in [6, 6.07) is 4.99. The third kappa shape index (κ3) is 4.67. The number of allylic oxidation sites excluding steroid dienone is 1. The van der Waals surface area contributed by atoms with Crippen LogP contribution in [0.25, 0.3) is 5.65 Å². The van der Waals surface area contributed by atoms with Gasteiger partial charge in [-0.05, 0) is 56.6 Å². The number of alkyl halides is 3. The molecule has 5 N–H and O–H groups in total. The number of imidazole rings is 1. The lowest BCUT2D eigenvalue weighted by atomic mass is 9.91. The Bertz CT molecular complexity index is 1020.